The van der Waals surface area contributed by atoms with E-state index in [0.29, 0.717) is 44.3 Å². The predicted octanol–water partition coefficient (Wildman–Crippen LogP) is 12.3. The normalized spacial score (nSPS) is 11.5. The number of aryl methyl sites for hydroxylation is 2. The first-order valence-corrected chi connectivity index (χ1v) is 23.9. The number of fused-ring (bicyclic) bond motifs is 4. The first kappa shape index (κ1) is 47.3. The topological polar surface area (TPSA) is 155 Å². The molecule has 66 heavy (non-hydrogen) atoms. The van der Waals surface area contributed by atoms with Crippen molar-refractivity contribution >= 4 is 67.0 Å². The summed E-state index contributed by atoms with van der Waals surface area (Å²) in [6.07, 6.45) is 14.8. The number of hydrogen-bond acceptors (Lipinski definition) is 4. The molecule has 10 nitrogen and oxygen atoms in total. The lowest BCUT2D eigenvalue weighted by molar-refractivity contribution is -0.121. The smallest absolute Gasteiger partial charge is 0.219 e. The molecule has 8 rings (SSSR count). The molecule has 4 aromatic carbocycles. The molecule has 10 heteroatoms. The van der Waals surface area contributed by atoms with Gasteiger partial charge in [-0.25, -0.2) is 0 Å². The van der Waals surface area contributed by atoms with Crippen molar-refractivity contribution < 1.29 is 19.2 Å². The van der Waals surface area contributed by atoms with Crippen LogP contribution in [0.3, 0.4) is 0 Å². The van der Waals surface area contributed by atoms with Gasteiger partial charge < -0.3 is 30.6 Å². The number of benzene rings is 4. The maximum absolute atomic E-state index is 13.2. The number of unbranched alkanes of at least 4 members (excludes halogenated alkanes) is 6. The molecule has 8 aromatic rings. The average Bonchev–Trinajstić information content (AvgIpc) is 4.12. The van der Waals surface area contributed by atoms with Crippen molar-refractivity contribution in [3.8, 4) is 0 Å². The molecule has 2 amide bonds. The van der Waals surface area contributed by atoms with Gasteiger partial charge in [0.1, 0.15) is 11.6 Å². The first-order chi connectivity index (χ1) is 32.2. The Hall–Kier alpha value is -6.68. The number of nitrogens with one attached hydrogen (secondary N) is 6. The highest BCUT2D eigenvalue weighted by Crippen LogP contribution is 2.41. The molecule has 0 unspecified atom stereocenters. The van der Waals surface area contributed by atoms with E-state index in [9.17, 15) is 19.2 Å². The second-order valence-corrected chi connectivity index (χ2v) is 17.8. The van der Waals surface area contributed by atoms with Gasteiger partial charge in [-0.3, -0.25) is 19.2 Å². The van der Waals surface area contributed by atoms with Crippen LogP contribution in [0.4, 0.5) is 0 Å². The van der Waals surface area contributed by atoms with Gasteiger partial charge in [-0.15, -0.1) is 0 Å². The Balaban J connectivity index is 0.000000197. The largest absolute Gasteiger partial charge is 0.361 e. The summed E-state index contributed by atoms with van der Waals surface area (Å²) in [4.78, 5) is 62.8. The van der Waals surface area contributed by atoms with Crippen LogP contribution >= 0.6 is 0 Å². The van der Waals surface area contributed by atoms with E-state index in [4.69, 9.17) is 0 Å². The van der Waals surface area contributed by atoms with Crippen molar-refractivity contribution in [3.63, 3.8) is 0 Å². The minimum Gasteiger partial charge on any atom is -0.361 e. The van der Waals surface area contributed by atoms with E-state index < -0.39 is 0 Å². The molecule has 0 saturated carbocycles. The van der Waals surface area contributed by atoms with E-state index in [-0.39, 0.29) is 29.4 Å². The number of carbonyl (C=O) groups is 4. The number of rotatable bonds is 22. The molecule has 0 aliphatic rings. The third-order valence-corrected chi connectivity index (χ3v) is 13.2. The highest BCUT2D eigenvalue weighted by atomic mass is 16.2. The summed E-state index contributed by atoms with van der Waals surface area (Å²) in [5.74, 6) is 0.752. The van der Waals surface area contributed by atoms with E-state index in [0.717, 1.165) is 84.8 Å². The summed E-state index contributed by atoms with van der Waals surface area (Å²) in [6, 6.07) is 33.3. The first-order valence-electron chi connectivity index (χ1n) is 23.9. The molecule has 0 aliphatic heterocycles. The van der Waals surface area contributed by atoms with Crippen LogP contribution in [0.5, 0.6) is 0 Å². The Morgan fingerprint density at radius 3 is 1.20 bits per heavy atom. The molecule has 0 aliphatic carbocycles. The van der Waals surface area contributed by atoms with Crippen molar-refractivity contribution in [1.82, 2.24) is 30.6 Å². The van der Waals surface area contributed by atoms with Crippen LogP contribution in [-0.2, 0) is 19.2 Å². The van der Waals surface area contributed by atoms with Gasteiger partial charge >= 0.3 is 0 Å². The number of aromatic nitrogens is 4. The third-order valence-electron chi connectivity index (χ3n) is 13.2. The minimum absolute atomic E-state index is 0.00282. The maximum Gasteiger partial charge on any atom is 0.219 e. The molecule has 344 valence electrons. The van der Waals surface area contributed by atoms with Crippen LogP contribution < -0.4 is 10.6 Å². The van der Waals surface area contributed by atoms with E-state index in [1.54, 1.807) is 14.1 Å². The summed E-state index contributed by atoms with van der Waals surface area (Å²) in [5.41, 5.74) is 11.4. The number of ketones is 2. The second kappa shape index (κ2) is 23.0. The Morgan fingerprint density at radius 2 is 0.788 bits per heavy atom. The lowest BCUT2D eigenvalue weighted by Gasteiger charge is -2.19. The van der Waals surface area contributed by atoms with E-state index in [1.807, 2.05) is 36.4 Å². The fourth-order valence-corrected chi connectivity index (χ4v) is 9.83. The number of amides is 2. The second-order valence-electron chi connectivity index (χ2n) is 17.8. The number of aromatic amines is 4. The molecule has 0 fully saturated rings. The molecule has 4 heterocycles. The molecular weight excluding hydrogens is 821 g/mol. The molecule has 0 atom stereocenters. The van der Waals surface area contributed by atoms with Crippen molar-refractivity contribution in [3.05, 3.63) is 143 Å². The molecule has 6 N–H and O–H groups in total. The molecular formula is C56H66N6O4. The summed E-state index contributed by atoms with van der Waals surface area (Å²) in [5, 5.41) is 10.0. The lowest BCUT2D eigenvalue weighted by Crippen LogP contribution is -2.16. The molecule has 0 radical (unpaired) electrons. The van der Waals surface area contributed by atoms with E-state index in [2.05, 4.69) is 117 Å². The van der Waals surface area contributed by atoms with Crippen LogP contribution in [0.25, 0.3) is 43.6 Å². The minimum atomic E-state index is -0.00644. The van der Waals surface area contributed by atoms with Gasteiger partial charge in [0.15, 0.2) is 0 Å². The van der Waals surface area contributed by atoms with Crippen molar-refractivity contribution in [2.45, 2.75) is 116 Å². The van der Waals surface area contributed by atoms with Gasteiger partial charge in [0.05, 0.1) is 0 Å². The maximum atomic E-state index is 13.2. The number of para-hydroxylation sites is 4. The zero-order valence-electron chi connectivity index (χ0n) is 39.1. The number of Topliss-reactive ketones (excluding diaryl/α,β-unsaturated/α-hetero) is 2. The van der Waals surface area contributed by atoms with E-state index in [1.165, 1.54) is 43.8 Å². The van der Waals surface area contributed by atoms with Gasteiger partial charge in [-0.1, -0.05) is 98.5 Å². The van der Waals surface area contributed by atoms with Gasteiger partial charge in [0, 0.05) is 132 Å². The van der Waals surface area contributed by atoms with Gasteiger partial charge in [0.25, 0.3) is 0 Å². The van der Waals surface area contributed by atoms with Crippen LogP contribution in [0.1, 0.15) is 135 Å². The quantitative estimate of drug-likeness (QED) is 0.0375. The Kier molecular flexibility index (Phi) is 16.5. The molecule has 4 aromatic heterocycles. The van der Waals surface area contributed by atoms with Crippen LogP contribution in [0.15, 0.2) is 109 Å². The number of carbonyl (C=O) groups excluding carboxylic acids is 4. The lowest BCUT2D eigenvalue weighted by atomic mass is 9.83. The predicted molar refractivity (Wildman–Crippen MR) is 269 cm³/mol. The van der Waals surface area contributed by atoms with E-state index >= 15 is 0 Å². The summed E-state index contributed by atoms with van der Waals surface area (Å²) in [6.45, 7) is 4.23. The standard InChI is InChI=1S/C29H35N3O2.C27H31N3O2/c1-19-28(22-13-8-10-15-25(22)31-19)24(29-20(2)32-26-16-11-9-14-23(26)29)18-21(33)12-6-4-5-7-17-27(34)30-3;1-28-27(32)15-5-3-2-4-10-19(31)16-22(23-17-29-25-13-8-6-11-20(23)25)24-18-30-26-14-9-7-12-21(24)26/h8-11,13-16,24,31-32H,4-7,12,17-18H2,1-3H3,(H,30,34);6-9,11-14,17-18,22,29-30H,2-5,10,15-16H2,1H3,(H,28,32). The zero-order chi connectivity index (χ0) is 46.4. The SMILES string of the molecule is CNC(=O)CCCCCCC(=O)CC(c1c(C)[nH]c2ccccc12)c1c(C)[nH]c2ccccc12.CNC(=O)CCCCCCC(=O)CC(c1c[nH]c2ccccc12)c1c[nH]c2ccccc12. The van der Waals surface area contributed by atoms with Gasteiger partial charge in [0.2, 0.25) is 11.8 Å². The fourth-order valence-electron chi connectivity index (χ4n) is 9.83. The molecule has 0 saturated heterocycles. The summed E-state index contributed by atoms with van der Waals surface area (Å²) >= 11 is 0. The van der Waals surface area contributed by atoms with Crippen LogP contribution in [0, 0.1) is 13.8 Å². The third kappa shape index (κ3) is 11.6. The van der Waals surface area contributed by atoms with Crippen molar-refractivity contribution in [1.29, 1.82) is 0 Å². The highest BCUT2D eigenvalue weighted by Gasteiger charge is 2.28. The molecule has 0 bridgehead atoms. The summed E-state index contributed by atoms with van der Waals surface area (Å²) < 4.78 is 0. The van der Waals surface area contributed by atoms with Crippen LogP contribution in [-0.4, -0.2) is 57.4 Å². The molecule has 0 spiro atoms. The van der Waals surface area contributed by atoms with Gasteiger partial charge in [-0.2, -0.15) is 0 Å². The van der Waals surface area contributed by atoms with Gasteiger partial charge in [-0.05, 0) is 86.1 Å². The van der Waals surface area contributed by atoms with Crippen molar-refractivity contribution in [2.24, 2.45) is 0 Å². The fraction of sp³-hybridized carbons (Fsp3) is 0.357. The zero-order valence-corrected chi connectivity index (χ0v) is 39.1. The highest BCUT2D eigenvalue weighted by molar-refractivity contribution is 5.93. The number of H-pyrrole nitrogens is 4. The monoisotopic (exact) mass is 887 g/mol. The Labute approximate surface area is 388 Å². The Morgan fingerprint density at radius 1 is 0.439 bits per heavy atom. The van der Waals surface area contributed by atoms with Crippen molar-refractivity contribution in [2.75, 3.05) is 14.1 Å². The number of hydrogen-bond donors (Lipinski definition) is 6. The average molecular weight is 887 g/mol. The van der Waals surface area contributed by atoms with Crippen LogP contribution in [0.2, 0.25) is 0 Å². The Bertz CT molecular complexity index is 2740. The summed E-state index contributed by atoms with van der Waals surface area (Å²) in [7, 11) is 3.33.